The van der Waals surface area contributed by atoms with Gasteiger partial charge in [-0.3, -0.25) is 0 Å². The summed E-state index contributed by atoms with van der Waals surface area (Å²) in [6, 6.07) is 0.0880. The van der Waals surface area contributed by atoms with Gasteiger partial charge < -0.3 is 16.3 Å². The highest BCUT2D eigenvalue weighted by Crippen LogP contribution is 2.27. The maximum Gasteiger partial charge on any atom is 0.400 e. The first-order valence-corrected chi connectivity index (χ1v) is 6.12. The van der Waals surface area contributed by atoms with Crippen molar-refractivity contribution in [1.82, 2.24) is 5.32 Å². The van der Waals surface area contributed by atoms with Gasteiger partial charge >= 0.3 is 6.18 Å². The molecule has 0 aromatic rings. The van der Waals surface area contributed by atoms with E-state index in [2.05, 4.69) is 17.4 Å². The third kappa shape index (κ3) is 4.36. The van der Waals surface area contributed by atoms with Crippen molar-refractivity contribution >= 4 is 5.84 Å². The second-order valence-electron chi connectivity index (χ2n) is 5.00. The molecule has 0 saturated heterocycles. The van der Waals surface area contributed by atoms with Gasteiger partial charge in [-0.25, -0.2) is 0 Å². The van der Waals surface area contributed by atoms with Gasteiger partial charge in [0.1, 0.15) is 5.92 Å². The fourth-order valence-corrected chi connectivity index (χ4v) is 2.36. The van der Waals surface area contributed by atoms with Crippen LogP contribution in [0.4, 0.5) is 13.2 Å². The van der Waals surface area contributed by atoms with Crippen LogP contribution in [0.25, 0.3) is 0 Å². The molecule has 1 aliphatic carbocycles. The van der Waals surface area contributed by atoms with Crippen molar-refractivity contribution in [2.45, 2.75) is 44.8 Å². The molecule has 18 heavy (non-hydrogen) atoms. The second-order valence-corrected chi connectivity index (χ2v) is 5.00. The Bertz CT molecular complexity index is 294. The molecule has 0 heterocycles. The third-order valence-electron chi connectivity index (χ3n) is 3.41. The van der Waals surface area contributed by atoms with E-state index in [4.69, 9.17) is 10.9 Å². The minimum Gasteiger partial charge on any atom is -0.409 e. The number of hydrogen-bond acceptors (Lipinski definition) is 3. The van der Waals surface area contributed by atoms with Gasteiger partial charge in [0.2, 0.25) is 0 Å². The maximum atomic E-state index is 12.7. The summed E-state index contributed by atoms with van der Waals surface area (Å²) >= 11 is 0. The van der Waals surface area contributed by atoms with Crippen molar-refractivity contribution < 1.29 is 18.4 Å². The highest BCUT2D eigenvalue weighted by Gasteiger charge is 2.42. The molecule has 4 nitrogen and oxygen atoms in total. The molecule has 0 radical (unpaired) electrons. The molecule has 0 aromatic heterocycles. The number of hydrogen-bond donors (Lipinski definition) is 3. The largest absolute Gasteiger partial charge is 0.409 e. The van der Waals surface area contributed by atoms with Gasteiger partial charge in [0.05, 0.1) is 0 Å². The minimum atomic E-state index is -4.50. The molecule has 7 heteroatoms. The Balaban J connectivity index is 2.52. The molecule has 1 saturated carbocycles. The lowest BCUT2D eigenvalue weighted by Crippen LogP contribution is -2.46. The maximum absolute atomic E-state index is 12.7. The fourth-order valence-electron chi connectivity index (χ4n) is 2.36. The lowest BCUT2D eigenvalue weighted by molar-refractivity contribution is -0.155. The first kappa shape index (κ1) is 15.1. The zero-order valence-electron chi connectivity index (χ0n) is 10.4. The summed E-state index contributed by atoms with van der Waals surface area (Å²) < 4.78 is 38.0. The summed E-state index contributed by atoms with van der Waals surface area (Å²) in [5.74, 6) is -2.19. The molecule has 1 rings (SSSR count). The molecule has 3 atom stereocenters. The van der Waals surface area contributed by atoms with Crippen LogP contribution in [0.15, 0.2) is 5.16 Å². The van der Waals surface area contributed by atoms with Crippen molar-refractivity contribution in [3.63, 3.8) is 0 Å². The van der Waals surface area contributed by atoms with Crippen LogP contribution in [0.2, 0.25) is 0 Å². The average Bonchev–Trinajstić information content (AvgIpc) is 2.27. The number of oxime groups is 1. The average molecular weight is 267 g/mol. The Labute approximate surface area is 104 Å². The Morgan fingerprint density at radius 2 is 2.17 bits per heavy atom. The topological polar surface area (TPSA) is 70.6 Å². The predicted molar refractivity (Wildman–Crippen MR) is 62.4 cm³/mol. The molecule has 106 valence electrons. The van der Waals surface area contributed by atoms with Crippen LogP contribution in [0.5, 0.6) is 0 Å². The molecule has 0 aromatic carbocycles. The number of halogens is 3. The zero-order valence-corrected chi connectivity index (χ0v) is 10.4. The van der Waals surface area contributed by atoms with E-state index < -0.39 is 17.9 Å². The number of nitrogens with zero attached hydrogens (tertiary/aromatic N) is 1. The van der Waals surface area contributed by atoms with E-state index >= 15 is 0 Å². The van der Waals surface area contributed by atoms with Crippen molar-refractivity contribution in [3.8, 4) is 0 Å². The summed E-state index contributed by atoms with van der Waals surface area (Å²) in [7, 11) is 0. The van der Waals surface area contributed by atoms with E-state index in [1.807, 2.05) is 0 Å². The quantitative estimate of drug-likeness (QED) is 0.316. The number of nitrogens with two attached hydrogens (primary N) is 1. The molecule has 1 aliphatic rings. The SMILES string of the molecule is CC1CCCC(NCC(C(N)=NO)C(F)(F)F)C1. The lowest BCUT2D eigenvalue weighted by Gasteiger charge is -2.29. The lowest BCUT2D eigenvalue weighted by atomic mass is 9.87. The molecule has 3 unspecified atom stereocenters. The molecular weight excluding hydrogens is 247 g/mol. The van der Waals surface area contributed by atoms with Crippen LogP contribution >= 0.6 is 0 Å². The molecule has 4 N–H and O–H groups in total. The van der Waals surface area contributed by atoms with Gasteiger partial charge in [-0.15, -0.1) is 0 Å². The van der Waals surface area contributed by atoms with Crippen molar-refractivity contribution in [2.24, 2.45) is 22.7 Å². The number of alkyl halides is 3. The minimum absolute atomic E-state index is 0.0880. The number of nitrogens with one attached hydrogen (secondary N) is 1. The van der Waals surface area contributed by atoms with Gasteiger partial charge in [-0.2, -0.15) is 13.2 Å². The highest BCUT2D eigenvalue weighted by molar-refractivity contribution is 5.83. The van der Waals surface area contributed by atoms with Crippen LogP contribution in [-0.2, 0) is 0 Å². The Morgan fingerprint density at radius 3 is 2.67 bits per heavy atom. The molecule has 0 amide bonds. The Kier molecular flexibility index (Phi) is 5.25. The predicted octanol–water partition coefficient (Wildman–Crippen LogP) is 2.08. The Morgan fingerprint density at radius 1 is 1.50 bits per heavy atom. The standard InChI is InChI=1S/C11H20F3N3O/c1-7-3-2-4-8(5-7)16-6-9(10(15)17-18)11(12,13)14/h7-9,16,18H,2-6H2,1H3,(H2,15,17). The monoisotopic (exact) mass is 267 g/mol. The van der Waals surface area contributed by atoms with Crippen LogP contribution in [0.1, 0.15) is 32.6 Å². The summed E-state index contributed by atoms with van der Waals surface area (Å²) in [4.78, 5) is 0. The molecule has 1 fully saturated rings. The molecule has 0 spiro atoms. The van der Waals surface area contributed by atoms with Crippen LogP contribution in [0.3, 0.4) is 0 Å². The smallest absolute Gasteiger partial charge is 0.400 e. The number of amidine groups is 1. The summed E-state index contributed by atoms with van der Waals surface area (Å²) in [6.45, 7) is 1.76. The molecular formula is C11H20F3N3O. The molecule has 0 bridgehead atoms. The van der Waals surface area contributed by atoms with Gasteiger partial charge in [-0.05, 0) is 18.8 Å². The van der Waals surface area contributed by atoms with Gasteiger partial charge in [-0.1, -0.05) is 24.9 Å². The van der Waals surface area contributed by atoms with E-state index in [0.717, 1.165) is 25.7 Å². The van der Waals surface area contributed by atoms with Gasteiger partial charge in [0, 0.05) is 12.6 Å². The molecule has 0 aliphatic heterocycles. The van der Waals surface area contributed by atoms with E-state index in [0.29, 0.717) is 5.92 Å². The zero-order chi connectivity index (χ0) is 13.8. The second kappa shape index (κ2) is 6.26. The van der Waals surface area contributed by atoms with E-state index in [1.54, 1.807) is 0 Å². The van der Waals surface area contributed by atoms with Crippen LogP contribution in [0, 0.1) is 11.8 Å². The Hall–Kier alpha value is -0.980. The first-order chi connectivity index (χ1) is 8.34. The van der Waals surface area contributed by atoms with Crippen LogP contribution in [-0.4, -0.2) is 29.8 Å². The van der Waals surface area contributed by atoms with Crippen molar-refractivity contribution in [1.29, 1.82) is 0 Å². The van der Waals surface area contributed by atoms with E-state index in [-0.39, 0.29) is 12.6 Å². The third-order valence-corrected chi connectivity index (χ3v) is 3.41. The fraction of sp³-hybridized carbons (Fsp3) is 0.909. The summed E-state index contributed by atoms with van der Waals surface area (Å²) in [6.07, 6.45) is -0.588. The van der Waals surface area contributed by atoms with E-state index in [1.165, 1.54) is 0 Å². The van der Waals surface area contributed by atoms with Crippen LogP contribution < -0.4 is 11.1 Å². The highest BCUT2D eigenvalue weighted by atomic mass is 19.4. The summed E-state index contributed by atoms with van der Waals surface area (Å²) in [5.41, 5.74) is 5.09. The summed E-state index contributed by atoms with van der Waals surface area (Å²) in [5, 5.41) is 13.7. The van der Waals surface area contributed by atoms with E-state index in [9.17, 15) is 13.2 Å². The van der Waals surface area contributed by atoms with Gasteiger partial charge in [0.15, 0.2) is 5.84 Å². The van der Waals surface area contributed by atoms with Crippen molar-refractivity contribution in [2.75, 3.05) is 6.54 Å². The first-order valence-electron chi connectivity index (χ1n) is 6.12. The normalized spacial score (nSPS) is 28.1. The van der Waals surface area contributed by atoms with Crippen molar-refractivity contribution in [3.05, 3.63) is 0 Å². The number of rotatable bonds is 4. The van der Waals surface area contributed by atoms with Gasteiger partial charge in [0.25, 0.3) is 0 Å².